The molecule has 14 heavy (non-hydrogen) atoms. The van der Waals surface area contributed by atoms with Crippen LogP contribution in [0.3, 0.4) is 0 Å². The Balaban J connectivity index is 3.06. The van der Waals surface area contributed by atoms with E-state index in [0.717, 1.165) is 25.2 Å². The van der Waals surface area contributed by atoms with Gasteiger partial charge in [-0.25, -0.2) is 0 Å². The molecular weight excluding hydrogens is 176 g/mol. The first kappa shape index (κ1) is 13.9. The maximum atomic E-state index is 8.63. The summed E-state index contributed by atoms with van der Waals surface area (Å²) in [7, 11) is 0. The van der Waals surface area contributed by atoms with E-state index in [0.29, 0.717) is 13.2 Å². The van der Waals surface area contributed by atoms with Crippen LogP contribution < -0.4 is 0 Å². The zero-order chi connectivity index (χ0) is 10.6. The van der Waals surface area contributed by atoms with Crippen LogP contribution in [0, 0.1) is 5.92 Å². The van der Waals surface area contributed by atoms with Gasteiger partial charge in [-0.3, -0.25) is 0 Å². The molecule has 0 spiro atoms. The Labute approximate surface area is 88.3 Å². The Kier molecular flexibility index (Phi) is 10.9. The van der Waals surface area contributed by atoms with E-state index in [9.17, 15) is 0 Å². The summed E-state index contributed by atoms with van der Waals surface area (Å²) in [5.41, 5.74) is 0. The van der Waals surface area contributed by atoms with Gasteiger partial charge in [0.2, 0.25) is 0 Å². The maximum absolute atomic E-state index is 8.63. The largest absolute Gasteiger partial charge is 0.396 e. The van der Waals surface area contributed by atoms with Gasteiger partial charge in [-0.15, -0.1) is 0 Å². The molecule has 2 nitrogen and oxygen atoms in total. The van der Waals surface area contributed by atoms with Gasteiger partial charge in [0, 0.05) is 13.2 Å². The lowest BCUT2D eigenvalue weighted by Crippen LogP contribution is -1.96. The standard InChI is InChI=1S/C12H26O2/c1-12(9-5-7-11-14)8-4-2-3-6-10-13/h12-14H,2-11H2,1H3. The fourth-order valence-electron chi connectivity index (χ4n) is 1.71. The van der Waals surface area contributed by atoms with Gasteiger partial charge in [0.25, 0.3) is 0 Å². The monoisotopic (exact) mass is 202 g/mol. The van der Waals surface area contributed by atoms with Crippen molar-refractivity contribution in [1.82, 2.24) is 0 Å². The normalized spacial score (nSPS) is 13.1. The van der Waals surface area contributed by atoms with Crippen LogP contribution in [0.5, 0.6) is 0 Å². The number of rotatable bonds is 10. The quantitative estimate of drug-likeness (QED) is 0.535. The molecular formula is C12H26O2. The lowest BCUT2D eigenvalue weighted by molar-refractivity contribution is 0.276. The fourth-order valence-corrected chi connectivity index (χ4v) is 1.71. The number of hydrogen-bond donors (Lipinski definition) is 2. The lowest BCUT2D eigenvalue weighted by Gasteiger charge is -2.10. The average Bonchev–Trinajstić information content (AvgIpc) is 2.18. The third kappa shape index (κ3) is 10.0. The highest BCUT2D eigenvalue weighted by molar-refractivity contribution is 4.54. The molecule has 0 aliphatic heterocycles. The molecule has 2 heteroatoms. The molecule has 0 amide bonds. The molecule has 0 aromatic carbocycles. The number of aliphatic hydroxyl groups is 2. The molecule has 0 radical (unpaired) electrons. The molecule has 0 aromatic heterocycles. The number of aliphatic hydroxyl groups excluding tert-OH is 2. The first-order chi connectivity index (χ1) is 6.81. The molecule has 0 aliphatic rings. The summed E-state index contributed by atoms with van der Waals surface area (Å²) >= 11 is 0. The summed E-state index contributed by atoms with van der Waals surface area (Å²) in [4.78, 5) is 0. The van der Waals surface area contributed by atoms with Crippen LogP contribution in [0.2, 0.25) is 0 Å². The number of hydrogen-bond acceptors (Lipinski definition) is 2. The van der Waals surface area contributed by atoms with E-state index in [1.54, 1.807) is 0 Å². The van der Waals surface area contributed by atoms with Gasteiger partial charge in [0.15, 0.2) is 0 Å². The Hall–Kier alpha value is -0.0800. The van der Waals surface area contributed by atoms with Crippen molar-refractivity contribution in [2.45, 2.75) is 58.3 Å². The van der Waals surface area contributed by atoms with Crippen LogP contribution in [-0.4, -0.2) is 23.4 Å². The molecule has 0 heterocycles. The van der Waals surface area contributed by atoms with Crippen LogP contribution in [0.15, 0.2) is 0 Å². The highest BCUT2D eigenvalue weighted by atomic mass is 16.3. The molecule has 1 atom stereocenters. The Morgan fingerprint density at radius 3 is 1.71 bits per heavy atom. The highest BCUT2D eigenvalue weighted by Gasteiger charge is 2.01. The van der Waals surface area contributed by atoms with Crippen molar-refractivity contribution < 1.29 is 10.2 Å². The first-order valence-corrected chi connectivity index (χ1v) is 6.03. The smallest absolute Gasteiger partial charge is 0.0431 e. The molecule has 0 aliphatic carbocycles. The summed E-state index contributed by atoms with van der Waals surface area (Å²) in [5, 5.41) is 17.2. The Morgan fingerprint density at radius 2 is 1.14 bits per heavy atom. The average molecular weight is 202 g/mol. The molecule has 1 unspecified atom stereocenters. The molecule has 0 fully saturated rings. The Morgan fingerprint density at radius 1 is 0.714 bits per heavy atom. The first-order valence-electron chi connectivity index (χ1n) is 6.03. The summed E-state index contributed by atoms with van der Waals surface area (Å²) in [6.45, 7) is 2.97. The minimum Gasteiger partial charge on any atom is -0.396 e. The third-order valence-electron chi connectivity index (χ3n) is 2.71. The molecule has 86 valence electrons. The Bertz CT molecular complexity index is 104. The fraction of sp³-hybridized carbons (Fsp3) is 1.00. The second-order valence-corrected chi connectivity index (χ2v) is 4.25. The summed E-state index contributed by atoms with van der Waals surface area (Å²) in [6.07, 6.45) is 9.34. The zero-order valence-electron chi connectivity index (χ0n) is 9.54. The van der Waals surface area contributed by atoms with Gasteiger partial charge >= 0.3 is 0 Å². The van der Waals surface area contributed by atoms with E-state index in [1.165, 1.54) is 32.1 Å². The van der Waals surface area contributed by atoms with Gasteiger partial charge in [-0.1, -0.05) is 45.4 Å². The molecule has 0 rings (SSSR count). The second-order valence-electron chi connectivity index (χ2n) is 4.25. The summed E-state index contributed by atoms with van der Waals surface area (Å²) in [6, 6.07) is 0. The van der Waals surface area contributed by atoms with Gasteiger partial charge < -0.3 is 10.2 Å². The van der Waals surface area contributed by atoms with Crippen LogP contribution in [-0.2, 0) is 0 Å². The molecule has 0 saturated carbocycles. The van der Waals surface area contributed by atoms with Crippen molar-refractivity contribution >= 4 is 0 Å². The second kappa shape index (κ2) is 11.0. The highest BCUT2D eigenvalue weighted by Crippen LogP contribution is 2.16. The van der Waals surface area contributed by atoms with Crippen molar-refractivity contribution in [3.05, 3.63) is 0 Å². The van der Waals surface area contributed by atoms with Crippen molar-refractivity contribution in [2.75, 3.05) is 13.2 Å². The van der Waals surface area contributed by atoms with Crippen LogP contribution in [0.25, 0.3) is 0 Å². The minimum atomic E-state index is 0.337. The van der Waals surface area contributed by atoms with Gasteiger partial charge in [0.05, 0.1) is 0 Å². The third-order valence-corrected chi connectivity index (χ3v) is 2.71. The van der Waals surface area contributed by atoms with E-state index < -0.39 is 0 Å². The van der Waals surface area contributed by atoms with E-state index in [4.69, 9.17) is 10.2 Å². The SMILES string of the molecule is CC(CCCCO)CCCCCCO. The zero-order valence-corrected chi connectivity index (χ0v) is 9.54. The van der Waals surface area contributed by atoms with Gasteiger partial charge in [-0.05, 0) is 18.8 Å². The predicted octanol–water partition coefficient (Wildman–Crippen LogP) is 2.73. The molecule has 2 N–H and O–H groups in total. The van der Waals surface area contributed by atoms with Crippen molar-refractivity contribution in [2.24, 2.45) is 5.92 Å². The maximum Gasteiger partial charge on any atom is 0.0431 e. The van der Waals surface area contributed by atoms with E-state index in [1.807, 2.05) is 0 Å². The van der Waals surface area contributed by atoms with Crippen molar-refractivity contribution in [1.29, 1.82) is 0 Å². The minimum absolute atomic E-state index is 0.337. The summed E-state index contributed by atoms with van der Waals surface area (Å²) < 4.78 is 0. The van der Waals surface area contributed by atoms with Crippen LogP contribution >= 0.6 is 0 Å². The van der Waals surface area contributed by atoms with E-state index in [2.05, 4.69) is 6.92 Å². The summed E-state index contributed by atoms with van der Waals surface area (Å²) in [5.74, 6) is 0.802. The number of unbranched alkanes of at least 4 members (excludes halogenated alkanes) is 4. The van der Waals surface area contributed by atoms with Crippen LogP contribution in [0.4, 0.5) is 0 Å². The van der Waals surface area contributed by atoms with Crippen LogP contribution in [0.1, 0.15) is 58.3 Å². The molecule has 0 saturated heterocycles. The van der Waals surface area contributed by atoms with E-state index in [-0.39, 0.29) is 0 Å². The van der Waals surface area contributed by atoms with Gasteiger partial charge in [-0.2, -0.15) is 0 Å². The van der Waals surface area contributed by atoms with Crippen molar-refractivity contribution in [3.63, 3.8) is 0 Å². The van der Waals surface area contributed by atoms with Gasteiger partial charge in [0.1, 0.15) is 0 Å². The predicted molar refractivity (Wildman–Crippen MR) is 60.3 cm³/mol. The topological polar surface area (TPSA) is 40.5 Å². The molecule has 0 bridgehead atoms. The lowest BCUT2D eigenvalue weighted by atomic mass is 9.97. The molecule has 0 aromatic rings. The van der Waals surface area contributed by atoms with Crippen molar-refractivity contribution in [3.8, 4) is 0 Å². The van der Waals surface area contributed by atoms with E-state index >= 15 is 0 Å².